The highest BCUT2D eigenvalue weighted by atomic mass is 16.2. The van der Waals surface area contributed by atoms with Crippen molar-refractivity contribution in [3.63, 3.8) is 0 Å². The van der Waals surface area contributed by atoms with Crippen molar-refractivity contribution in [1.82, 2.24) is 15.6 Å². The molecule has 2 amide bonds. The van der Waals surface area contributed by atoms with Crippen molar-refractivity contribution < 1.29 is 9.59 Å². The molecule has 2 N–H and O–H groups in total. The van der Waals surface area contributed by atoms with Crippen LogP contribution in [0.5, 0.6) is 0 Å². The lowest BCUT2D eigenvalue weighted by Gasteiger charge is -2.35. The summed E-state index contributed by atoms with van der Waals surface area (Å²) in [6.07, 6.45) is 7.16. The predicted octanol–water partition coefficient (Wildman–Crippen LogP) is 5.44. The number of carbonyl (C=O) groups excluding carboxylic acids is 2. The Hall–Kier alpha value is -3.67. The van der Waals surface area contributed by atoms with E-state index in [1.54, 1.807) is 0 Å². The van der Waals surface area contributed by atoms with Gasteiger partial charge in [0.2, 0.25) is 11.8 Å². The standard InChI is InChI=1S/C32H38N4O2/c1-2-33-31(37)26-14-9-15-28(20-26)35-32(38)25-16-18-36(19-17-25)30-29(24-12-7-4-8-13-24)21-27(22-34-30)23-10-5-3-6-11-23/h3-8,10-13,21-22,25-26,28H,2,9,14-20H2,1H3,(H,33,37)(H,35,38)/t26-,28-/m0/s1. The van der Waals surface area contributed by atoms with Crippen molar-refractivity contribution in [2.75, 3.05) is 24.5 Å². The van der Waals surface area contributed by atoms with E-state index in [0.717, 1.165) is 79.7 Å². The molecule has 1 aromatic heterocycles. The minimum Gasteiger partial charge on any atom is -0.356 e. The lowest BCUT2D eigenvalue weighted by Crippen LogP contribution is -2.46. The Morgan fingerprint density at radius 1 is 0.842 bits per heavy atom. The lowest BCUT2D eigenvalue weighted by molar-refractivity contribution is -0.129. The molecule has 2 fully saturated rings. The third kappa shape index (κ3) is 6.07. The zero-order valence-corrected chi connectivity index (χ0v) is 22.2. The summed E-state index contributed by atoms with van der Waals surface area (Å²) in [4.78, 5) is 32.7. The number of benzene rings is 2. The number of aromatic nitrogens is 1. The van der Waals surface area contributed by atoms with Crippen molar-refractivity contribution in [3.05, 3.63) is 72.9 Å². The van der Waals surface area contributed by atoms with Crippen molar-refractivity contribution in [1.29, 1.82) is 0 Å². The SMILES string of the molecule is CCNC(=O)[C@H]1CCC[C@H](NC(=O)C2CCN(c3ncc(-c4ccccc4)cc3-c3ccccc3)CC2)C1. The fraction of sp³-hybridized carbons (Fsp3) is 0.406. The maximum absolute atomic E-state index is 13.2. The minimum atomic E-state index is -0.000128. The Labute approximate surface area is 225 Å². The van der Waals surface area contributed by atoms with Gasteiger partial charge in [0.05, 0.1) is 0 Å². The maximum Gasteiger partial charge on any atom is 0.223 e. The first-order valence-corrected chi connectivity index (χ1v) is 14.1. The van der Waals surface area contributed by atoms with Crippen LogP contribution in [0.1, 0.15) is 45.4 Å². The molecule has 198 valence electrons. The van der Waals surface area contributed by atoms with Crippen LogP contribution in [0.25, 0.3) is 22.3 Å². The molecular weight excluding hydrogens is 472 g/mol. The summed E-state index contributed by atoms with van der Waals surface area (Å²) < 4.78 is 0. The van der Waals surface area contributed by atoms with Gasteiger partial charge in [0.15, 0.2) is 0 Å². The summed E-state index contributed by atoms with van der Waals surface area (Å²) in [5.74, 6) is 1.26. The monoisotopic (exact) mass is 510 g/mol. The summed E-state index contributed by atoms with van der Waals surface area (Å²) in [6.45, 7) is 4.19. The number of piperidine rings is 1. The molecule has 6 nitrogen and oxygen atoms in total. The van der Waals surface area contributed by atoms with Gasteiger partial charge >= 0.3 is 0 Å². The van der Waals surface area contributed by atoms with Gasteiger partial charge in [0, 0.05) is 54.8 Å². The Kier molecular flexibility index (Phi) is 8.37. The van der Waals surface area contributed by atoms with E-state index in [2.05, 4.69) is 70.1 Å². The summed E-state index contributed by atoms with van der Waals surface area (Å²) in [7, 11) is 0. The van der Waals surface area contributed by atoms with E-state index < -0.39 is 0 Å². The van der Waals surface area contributed by atoms with Gasteiger partial charge in [-0.05, 0) is 56.2 Å². The Morgan fingerprint density at radius 3 is 2.21 bits per heavy atom. The summed E-state index contributed by atoms with van der Waals surface area (Å²) >= 11 is 0. The second-order valence-corrected chi connectivity index (χ2v) is 10.6. The molecule has 2 aliphatic rings. The number of hydrogen-bond acceptors (Lipinski definition) is 4. The van der Waals surface area contributed by atoms with Crippen LogP contribution < -0.4 is 15.5 Å². The van der Waals surface area contributed by atoms with Crippen LogP contribution in [-0.4, -0.2) is 42.5 Å². The molecule has 0 bridgehead atoms. The van der Waals surface area contributed by atoms with Crippen LogP contribution in [0.2, 0.25) is 0 Å². The molecule has 1 aliphatic carbocycles. The molecule has 6 heteroatoms. The number of nitrogens with one attached hydrogen (secondary N) is 2. The first kappa shape index (κ1) is 26.0. The molecule has 1 aliphatic heterocycles. The van der Waals surface area contributed by atoms with Crippen LogP contribution in [0.3, 0.4) is 0 Å². The van der Waals surface area contributed by atoms with E-state index in [9.17, 15) is 9.59 Å². The van der Waals surface area contributed by atoms with E-state index in [1.807, 2.05) is 25.3 Å². The normalized spacial score (nSPS) is 20.1. The van der Waals surface area contributed by atoms with Crippen molar-refractivity contribution in [3.8, 4) is 22.3 Å². The van der Waals surface area contributed by atoms with E-state index in [0.29, 0.717) is 6.54 Å². The van der Waals surface area contributed by atoms with Crippen molar-refractivity contribution >= 4 is 17.6 Å². The number of pyridine rings is 1. The second kappa shape index (κ2) is 12.2. The number of amides is 2. The molecule has 0 unspecified atom stereocenters. The van der Waals surface area contributed by atoms with E-state index in [-0.39, 0.29) is 29.7 Å². The van der Waals surface area contributed by atoms with Crippen molar-refractivity contribution in [2.24, 2.45) is 11.8 Å². The molecule has 2 atom stereocenters. The number of carbonyl (C=O) groups is 2. The van der Waals surface area contributed by atoms with Crippen molar-refractivity contribution in [2.45, 2.75) is 51.5 Å². The van der Waals surface area contributed by atoms with Crippen LogP contribution in [0.15, 0.2) is 72.9 Å². The first-order valence-electron chi connectivity index (χ1n) is 14.1. The maximum atomic E-state index is 13.2. The molecule has 3 aromatic rings. The quantitative estimate of drug-likeness (QED) is 0.444. The largest absolute Gasteiger partial charge is 0.356 e. The Balaban J connectivity index is 1.25. The van der Waals surface area contributed by atoms with Gasteiger partial charge in [-0.2, -0.15) is 0 Å². The van der Waals surface area contributed by atoms with Gasteiger partial charge < -0.3 is 15.5 Å². The number of nitrogens with zero attached hydrogens (tertiary/aromatic N) is 2. The average molecular weight is 511 g/mol. The summed E-state index contributed by atoms with van der Waals surface area (Å²) in [6, 6.07) is 23.1. The number of anilines is 1. The third-order valence-electron chi connectivity index (χ3n) is 7.97. The second-order valence-electron chi connectivity index (χ2n) is 10.6. The fourth-order valence-electron chi connectivity index (χ4n) is 5.88. The zero-order valence-electron chi connectivity index (χ0n) is 22.2. The fourth-order valence-corrected chi connectivity index (χ4v) is 5.88. The van der Waals surface area contributed by atoms with Gasteiger partial charge in [-0.15, -0.1) is 0 Å². The van der Waals surface area contributed by atoms with Gasteiger partial charge in [-0.25, -0.2) is 4.98 Å². The average Bonchev–Trinajstić information content (AvgIpc) is 2.98. The van der Waals surface area contributed by atoms with E-state index in [4.69, 9.17) is 4.98 Å². The Bertz CT molecular complexity index is 1220. The molecule has 2 aromatic carbocycles. The summed E-state index contributed by atoms with van der Waals surface area (Å²) in [5, 5.41) is 6.22. The molecule has 5 rings (SSSR count). The molecule has 0 radical (unpaired) electrons. The molecule has 0 spiro atoms. The highest BCUT2D eigenvalue weighted by Crippen LogP contribution is 2.35. The number of hydrogen-bond donors (Lipinski definition) is 2. The highest BCUT2D eigenvalue weighted by Gasteiger charge is 2.31. The minimum absolute atomic E-state index is 0.000128. The molecule has 2 heterocycles. The van der Waals surface area contributed by atoms with E-state index in [1.165, 1.54) is 0 Å². The zero-order chi connectivity index (χ0) is 26.3. The third-order valence-corrected chi connectivity index (χ3v) is 7.97. The van der Waals surface area contributed by atoms with Crippen LogP contribution in [0, 0.1) is 11.8 Å². The van der Waals surface area contributed by atoms with Gasteiger partial charge in [-0.3, -0.25) is 9.59 Å². The predicted molar refractivity (Wildman–Crippen MR) is 153 cm³/mol. The lowest BCUT2D eigenvalue weighted by atomic mass is 9.84. The van der Waals surface area contributed by atoms with Gasteiger partial charge in [-0.1, -0.05) is 67.1 Å². The Morgan fingerprint density at radius 2 is 1.53 bits per heavy atom. The van der Waals surface area contributed by atoms with Crippen LogP contribution >= 0.6 is 0 Å². The summed E-state index contributed by atoms with van der Waals surface area (Å²) in [5.41, 5.74) is 4.51. The highest BCUT2D eigenvalue weighted by molar-refractivity contribution is 5.82. The number of rotatable bonds is 7. The topological polar surface area (TPSA) is 74.3 Å². The first-order chi connectivity index (χ1) is 18.6. The molecule has 38 heavy (non-hydrogen) atoms. The molecule has 1 saturated carbocycles. The van der Waals surface area contributed by atoms with Crippen LogP contribution in [-0.2, 0) is 9.59 Å². The van der Waals surface area contributed by atoms with Gasteiger partial charge in [0.25, 0.3) is 0 Å². The van der Waals surface area contributed by atoms with Gasteiger partial charge in [0.1, 0.15) is 5.82 Å². The molecular formula is C32H38N4O2. The smallest absolute Gasteiger partial charge is 0.223 e. The van der Waals surface area contributed by atoms with Crippen LogP contribution in [0.4, 0.5) is 5.82 Å². The molecule has 1 saturated heterocycles. The van der Waals surface area contributed by atoms with E-state index >= 15 is 0 Å².